The number of rotatable bonds is 7. The third kappa shape index (κ3) is 4.99. The molecule has 1 saturated heterocycles. The molecule has 0 aliphatic carbocycles. The highest BCUT2D eigenvalue weighted by molar-refractivity contribution is 5.76. The molecule has 2 aromatic rings. The van der Waals surface area contributed by atoms with Crippen molar-refractivity contribution in [1.29, 1.82) is 0 Å². The Bertz CT molecular complexity index is 660. The van der Waals surface area contributed by atoms with Crippen molar-refractivity contribution in [1.82, 2.24) is 4.90 Å². The molecule has 25 heavy (non-hydrogen) atoms. The lowest BCUT2D eigenvalue weighted by molar-refractivity contribution is -0.130. The van der Waals surface area contributed by atoms with Gasteiger partial charge in [0.05, 0.1) is 13.0 Å². The minimum atomic E-state index is 0.147. The van der Waals surface area contributed by atoms with Crippen LogP contribution in [0.3, 0.4) is 0 Å². The first-order valence-electron chi connectivity index (χ1n) is 8.94. The van der Waals surface area contributed by atoms with Crippen LogP contribution >= 0.6 is 0 Å². The molecule has 1 aliphatic heterocycles. The molecule has 4 heteroatoms. The van der Waals surface area contributed by atoms with Gasteiger partial charge in [0, 0.05) is 32.4 Å². The lowest BCUT2D eigenvalue weighted by Crippen LogP contribution is -2.33. The van der Waals surface area contributed by atoms with Gasteiger partial charge in [-0.2, -0.15) is 0 Å². The number of ether oxygens (including phenoxy) is 1. The maximum absolute atomic E-state index is 12.3. The van der Waals surface area contributed by atoms with Crippen LogP contribution in [0.5, 0.6) is 5.75 Å². The summed E-state index contributed by atoms with van der Waals surface area (Å²) >= 11 is 0. The molecule has 1 heterocycles. The lowest BCUT2D eigenvalue weighted by Gasteiger charge is -2.22. The summed E-state index contributed by atoms with van der Waals surface area (Å²) in [6.45, 7) is 3.32. The van der Waals surface area contributed by atoms with Crippen molar-refractivity contribution in [3.63, 3.8) is 0 Å². The van der Waals surface area contributed by atoms with E-state index in [9.17, 15) is 4.79 Å². The Balaban J connectivity index is 1.40. The Hall–Kier alpha value is -2.49. The summed E-state index contributed by atoms with van der Waals surface area (Å²) in [4.78, 5) is 16.6. The van der Waals surface area contributed by atoms with Gasteiger partial charge in [-0.1, -0.05) is 36.4 Å². The number of hydrogen-bond acceptors (Lipinski definition) is 3. The number of amides is 1. The zero-order valence-electron chi connectivity index (χ0n) is 14.8. The minimum Gasteiger partial charge on any atom is -0.493 e. The summed E-state index contributed by atoms with van der Waals surface area (Å²) in [6, 6.07) is 20.1. The standard InChI is InChI=1S/C21H26N2O2/c1-22(21(24)13-15-25-20-10-6-3-7-11-20)16-18-12-14-23(17-18)19-8-4-2-5-9-19/h2-11,18H,12-17H2,1H3. The summed E-state index contributed by atoms with van der Waals surface area (Å²) in [5, 5.41) is 0. The number of para-hydroxylation sites is 2. The Morgan fingerprint density at radius 3 is 2.52 bits per heavy atom. The van der Waals surface area contributed by atoms with Gasteiger partial charge in [0.15, 0.2) is 0 Å². The van der Waals surface area contributed by atoms with E-state index in [2.05, 4.69) is 29.2 Å². The van der Waals surface area contributed by atoms with Crippen LogP contribution < -0.4 is 9.64 Å². The van der Waals surface area contributed by atoms with Crippen molar-refractivity contribution in [2.45, 2.75) is 12.8 Å². The zero-order chi connectivity index (χ0) is 17.5. The second kappa shape index (κ2) is 8.56. The molecule has 1 unspecified atom stereocenters. The van der Waals surface area contributed by atoms with Crippen LogP contribution in [0.25, 0.3) is 0 Å². The first-order chi connectivity index (χ1) is 12.2. The van der Waals surface area contributed by atoms with E-state index >= 15 is 0 Å². The van der Waals surface area contributed by atoms with Crippen LogP contribution in [-0.2, 0) is 4.79 Å². The quantitative estimate of drug-likeness (QED) is 0.775. The Morgan fingerprint density at radius 1 is 1.12 bits per heavy atom. The molecule has 0 aromatic heterocycles. The molecule has 3 rings (SSSR count). The van der Waals surface area contributed by atoms with Crippen LogP contribution in [-0.4, -0.2) is 44.1 Å². The molecule has 132 valence electrons. The summed E-state index contributed by atoms with van der Waals surface area (Å²) in [5.74, 6) is 1.49. The van der Waals surface area contributed by atoms with E-state index < -0.39 is 0 Å². The molecule has 0 N–H and O–H groups in total. The van der Waals surface area contributed by atoms with Gasteiger partial charge in [-0.15, -0.1) is 0 Å². The van der Waals surface area contributed by atoms with E-state index in [-0.39, 0.29) is 5.91 Å². The number of nitrogens with zero attached hydrogens (tertiary/aromatic N) is 2. The number of benzene rings is 2. The second-order valence-electron chi connectivity index (χ2n) is 6.62. The normalized spacial score (nSPS) is 16.7. The Labute approximate surface area is 150 Å². The van der Waals surface area contributed by atoms with Gasteiger partial charge in [-0.05, 0) is 36.6 Å². The summed E-state index contributed by atoms with van der Waals surface area (Å²) in [6.07, 6.45) is 1.55. The molecule has 0 saturated carbocycles. The van der Waals surface area contributed by atoms with Crippen molar-refractivity contribution in [2.75, 3.05) is 38.2 Å². The van der Waals surface area contributed by atoms with E-state index in [1.165, 1.54) is 5.69 Å². The molecule has 4 nitrogen and oxygen atoms in total. The molecule has 2 aromatic carbocycles. The van der Waals surface area contributed by atoms with Gasteiger partial charge in [-0.25, -0.2) is 0 Å². The van der Waals surface area contributed by atoms with Gasteiger partial charge < -0.3 is 14.5 Å². The van der Waals surface area contributed by atoms with Crippen LogP contribution in [0, 0.1) is 5.92 Å². The van der Waals surface area contributed by atoms with Gasteiger partial charge in [-0.3, -0.25) is 4.79 Å². The molecule has 1 fully saturated rings. The van der Waals surface area contributed by atoms with E-state index in [4.69, 9.17) is 4.74 Å². The molecule has 1 aliphatic rings. The molecule has 0 bridgehead atoms. The highest BCUT2D eigenvalue weighted by Gasteiger charge is 2.25. The Kier molecular flexibility index (Phi) is 5.94. The first-order valence-corrected chi connectivity index (χ1v) is 8.94. The van der Waals surface area contributed by atoms with E-state index in [0.717, 1.165) is 31.8 Å². The highest BCUT2D eigenvalue weighted by Crippen LogP contribution is 2.24. The van der Waals surface area contributed by atoms with Gasteiger partial charge in [0.25, 0.3) is 0 Å². The predicted molar refractivity (Wildman–Crippen MR) is 101 cm³/mol. The van der Waals surface area contributed by atoms with Crippen LogP contribution in [0.1, 0.15) is 12.8 Å². The van der Waals surface area contributed by atoms with Gasteiger partial charge in [0.1, 0.15) is 5.75 Å². The van der Waals surface area contributed by atoms with Gasteiger partial charge in [0.2, 0.25) is 5.91 Å². The predicted octanol–water partition coefficient (Wildman–Crippen LogP) is 3.44. The number of hydrogen-bond donors (Lipinski definition) is 0. The summed E-state index contributed by atoms with van der Waals surface area (Å²) in [5.41, 5.74) is 1.27. The Morgan fingerprint density at radius 2 is 1.80 bits per heavy atom. The number of carbonyl (C=O) groups excluding carboxylic acids is 1. The summed E-state index contributed by atoms with van der Waals surface area (Å²) in [7, 11) is 1.90. The molecule has 0 radical (unpaired) electrons. The van der Waals surface area contributed by atoms with E-state index in [1.54, 1.807) is 0 Å². The van der Waals surface area contributed by atoms with Gasteiger partial charge >= 0.3 is 0 Å². The third-order valence-electron chi connectivity index (χ3n) is 4.69. The van der Waals surface area contributed by atoms with Crippen molar-refractivity contribution in [3.05, 3.63) is 60.7 Å². The largest absolute Gasteiger partial charge is 0.493 e. The van der Waals surface area contributed by atoms with Crippen molar-refractivity contribution < 1.29 is 9.53 Å². The first kappa shape index (κ1) is 17.3. The zero-order valence-corrected chi connectivity index (χ0v) is 14.8. The maximum Gasteiger partial charge on any atom is 0.225 e. The third-order valence-corrected chi connectivity index (χ3v) is 4.69. The minimum absolute atomic E-state index is 0.147. The SMILES string of the molecule is CN(CC1CCN(c2ccccc2)C1)C(=O)CCOc1ccccc1. The number of carbonyl (C=O) groups is 1. The topological polar surface area (TPSA) is 32.8 Å². The molecule has 0 spiro atoms. The second-order valence-corrected chi connectivity index (χ2v) is 6.62. The molecule has 1 amide bonds. The van der Waals surface area contributed by atoms with Crippen molar-refractivity contribution in [2.24, 2.45) is 5.92 Å². The maximum atomic E-state index is 12.3. The van der Waals surface area contributed by atoms with Crippen LogP contribution in [0.4, 0.5) is 5.69 Å². The average Bonchev–Trinajstić information content (AvgIpc) is 3.12. The summed E-state index contributed by atoms with van der Waals surface area (Å²) < 4.78 is 5.62. The fourth-order valence-corrected chi connectivity index (χ4v) is 3.31. The van der Waals surface area contributed by atoms with E-state index in [1.807, 2.05) is 48.3 Å². The fourth-order valence-electron chi connectivity index (χ4n) is 3.31. The fraction of sp³-hybridized carbons (Fsp3) is 0.381. The van der Waals surface area contributed by atoms with Crippen molar-refractivity contribution >= 4 is 11.6 Å². The molecular formula is C21H26N2O2. The van der Waals surface area contributed by atoms with Crippen molar-refractivity contribution in [3.8, 4) is 5.75 Å². The van der Waals surface area contributed by atoms with Crippen LogP contribution in [0.2, 0.25) is 0 Å². The molecule has 1 atom stereocenters. The number of anilines is 1. The molecular weight excluding hydrogens is 312 g/mol. The monoisotopic (exact) mass is 338 g/mol. The van der Waals surface area contributed by atoms with Crippen LogP contribution in [0.15, 0.2) is 60.7 Å². The smallest absolute Gasteiger partial charge is 0.225 e. The highest BCUT2D eigenvalue weighted by atomic mass is 16.5. The lowest BCUT2D eigenvalue weighted by atomic mass is 10.1. The average molecular weight is 338 g/mol. The van der Waals surface area contributed by atoms with E-state index in [0.29, 0.717) is 18.9 Å².